The lowest BCUT2D eigenvalue weighted by atomic mass is 10.0. The minimum absolute atomic E-state index is 0.999. The van der Waals surface area contributed by atoms with E-state index < -0.39 is 0 Å². The van der Waals surface area contributed by atoms with Gasteiger partial charge in [-0.1, -0.05) is 150 Å². The second kappa shape index (κ2) is 18.7. The van der Waals surface area contributed by atoms with E-state index in [-0.39, 0.29) is 0 Å². The topological polar surface area (TPSA) is 3.24 Å². The van der Waals surface area contributed by atoms with Gasteiger partial charge in [-0.15, -0.1) is 0 Å². The lowest BCUT2D eigenvalue weighted by Gasteiger charge is -2.21. The number of hydrogen-bond donors (Lipinski definition) is 0. The Kier molecular flexibility index (Phi) is 15.4. The average molecular weight is 434 g/mol. The number of nitrogens with zero attached hydrogens (tertiary/aromatic N) is 1. The fourth-order valence-corrected chi connectivity index (χ4v) is 4.31. The molecule has 0 radical (unpaired) electrons. The summed E-state index contributed by atoms with van der Waals surface area (Å²) in [6.07, 6.45) is 23.1. The van der Waals surface area contributed by atoms with E-state index in [1.165, 1.54) is 94.6 Å². The van der Waals surface area contributed by atoms with Crippen LogP contribution in [-0.4, -0.2) is 11.4 Å². The third kappa shape index (κ3) is 13.5. The van der Waals surface area contributed by atoms with Crippen molar-refractivity contribution < 1.29 is 0 Å². The summed E-state index contributed by atoms with van der Waals surface area (Å²) in [7, 11) is 0. The fraction of sp³-hybridized carbons (Fsp3) is 0.548. The van der Waals surface area contributed by atoms with Gasteiger partial charge in [0, 0.05) is 19.6 Å². The molecular formula is C31H47N. The summed E-state index contributed by atoms with van der Waals surface area (Å²) in [6.45, 7) is 5.31. The summed E-state index contributed by atoms with van der Waals surface area (Å²) in [5.74, 6) is 0. The van der Waals surface area contributed by atoms with Gasteiger partial charge in [0.15, 0.2) is 0 Å². The van der Waals surface area contributed by atoms with E-state index >= 15 is 0 Å². The Morgan fingerprint density at radius 3 is 1.44 bits per heavy atom. The molecule has 0 N–H and O–H groups in total. The monoisotopic (exact) mass is 433 g/mol. The van der Waals surface area contributed by atoms with Gasteiger partial charge in [0.25, 0.3) is 0 Å². The molecule has 0 saturated heterocycles. The van der Waals surface area contributed by atoms with Gasteiger partial charge in [0.1, 0.15) is 0 Å². The third-order valence-corrected chi connectivity index (χ3v) is 6.25. The Morgan fingerprint density at radius 2 is 0.969 bits per heavy atom. The summed E-state index contributed by atoms with van der Waals surface area (Å²) in [5, 5.41) is 0. The number of benzene rings is 2. The van der Waals surface area contributed by atoms with Crippen LogP contribution in [0.3, 0.4) is 0 Å². The van der Waals surface area contributed by atoms with Crippen molar-refractivity contribution in [2.75, 3.05) is 6.54 Å². The van der Waals surface area contributed by atoms with Crippen molar-refractivity contribution in [3.05, 3.63) is 83.9 Å². The first-order chi connectivity index (χ1) is 15.9. The van der Waals surface area contributed by atoms with E-state index in [1.54, 1.807) is 0 Å². The molecule has 0 aliphatic heterocycles. The molecule has 1 nitrogen and oxygen atoms in total. The van der Waals surface area contributed by atoms with Crippen LogP contribution in [0, 0.1) is 0 Å². The average Bonchev–Trinajstić information content (AvgIpc) is 2.83. The molecule has 0 aliphatic rings. The van der Waals surface area contributed by atoms with Crippen molar-refractivity contribution in [1.82, 2.24) is 4.90 Å². The van der Waals surface area contributed by atoms with Crippen LogP contribution in [0.5, 0.6) is 0 Å². The molecule has 0 atom stereocenters. The van der Waals surface area contributed by atoms with Crippen molar-refractivity contribution in [2.24, 2.45) is 0 Å². The molecule has 0 aliphatic carbocycles. The molecule has 0 saturated carbocycles. The molecule has 2 aromatic carbocycles. The number of rotatable bonds is 19. The molecule has 32 heavy (non-hydrogen) atoms. The van der Waals surface area contributed by atoms with Crippen molar-refractivity contribution >= 4 is 0 Å². The van der Waals surface area contributed by atoms with Crippen molar-refractivity contribution in [1.29, 1.82) is 0 Å². The predicted octanol–water partition coefficient (Wildman–Crippen LogP) is 9.34. The molecule has 0 fully saturated rings. The first-order valence-electron chi connectivity index (χ1n) is 13.3. The summed E-state index contributed by atoms with van der Waals surface area (Å²) in [4.78, 5) is 2.53. The van der Waals surface area contributed by atoms with E-state index in [9.17, 15) is 0 Å². The highest BCUT2D eigenvalue weighted by Gasteiger charge is 2.05. The zero-order valence-electron chi connectivity index (χ0n) is 20.7. The molecule has 0 spiro atoms. The Bertz CT molecular complexity index is 635. The van der Waals surface area contributed by atoms with Crippen LogP contribution in [0.2, 0.25) is 0 Å². The highest BCUT2D eigenvalue weighted by molar-refractivity contribution is 5.17. The maximum Gasteiger partial charge on any atom is 0.0240 e. The summed E-state index contributed by atoms with van der Waals surface area (Å²) in [6, 6.07) is 21.7. The number of hydrogen-bond acceptors (Lipinski definition) is 1. The summed E-state index contributed by atoms with van der Waals surface area (Å²) in [5.41, 5.74) is 2.77. The van der Waals surface area contributed by atoms with Crippen molar-refractivity contribution in [2.45, 2.75) is 103 Å². The van der Waals surface area contributed by atoms with Gasteiger partial charge in [-0.05, 0) is 24.0 Å². The Hall–Kier alpha value is -1.86. The van der Waals surface area contributed by atoms with Crippen molar-refractivity contribution in [3.8, 4) is 0 Å². The summed E-state index contributed by atoms with van der Waals surface area (Å²) >= 11 is 0. The maximum atomic E-state index is 2.53. The first kappa shape index (κ1) is 26.4. The lowest BCUT2D eigenvalue weighted by Crippen LogP contribution is -2.22. The minimum atomic E-state index is 0.999. The molecule has 0 heterocycles. The molecule has 2 aromatic rings. The van der Waals surface area contributed by atoms with E-state index in [2.05, 4.69) is 84.6 Å². The van der Waals surface area contributed by atoms with Crippen LogP contribution < -0.4 is 0 Å². The van der Waals surface area contributed by atoms with E-state index in [1.807, 2.05) is 0 Å². The van der Waals surface area contributed by atoms with Crippen LogP contribution in [0.4, 0.5) is 0 Å². The zero-order chi connectivity index (χ0) is 22.5. The van der Waals surface area contributed by atoms with Gasteiger partial charge in [0.05, 0.1) is 0 Å². The van der Waals surface area contributed by atoms with E-state index in [4.69, 9.17) is 0 Å². The van der Waals surface area contributed by atoms with Crippen LogP contribution in [0.25, 0.3) is 0 Å². The van der Waals surface area contributed by atoms with E-state index in [0.29, 0.717) is 0 Å². The van der Waals surface area contributed by atoms with Crippen LogP contribution in [-0.2, 0) is 13.1 Å². The van der Waals surface area contributed by atoms with Gasteiger partial charge in [-0.3, -0.25) is 4.90 Å². The third-order valence-electron chi connectivity index (χ3n) is 6.25. The minimum Gasteiger partial charge on any atom is -0.291 e. The van der Waals surface area contributed by atoms with Gasteiger partial charge < -0.3 is 0 Å². The number of allylic oxidation sites excluding steroid dienone is 1. The molecular weight excluding hydrogens is 386 g/mol. The SMILES string of the molecule is CCCCCCCCCCCCCC/C=C\CN(Cc1ccccc1)Cc1ccccc1. The number of unbranched alkanes of at least 4 members (excludes halogenated alkanes) is 12. The molecule has 0 bridgehead atoms. The maximum absolute atomic E-state index is 2.53. The van der Waals surface area contributed by atoms with Crippen LogP contribution in [0.15, 0.2) is 72.8 Å². The second-order valence-electron chi connectivity index (χ2n) is 9.29. The molecule has 0 aromatic heterocycles. The molecule has 1 heteroatoms. The van der Waals surface area contributed by atoms with Crippen molar-refractivity contribution in [3.63, 3.8) is 0 Å². The first-order valence-corrected chi connectivity index (χ1v) is 13.3. The van der Waals surface area contributed by atoms with Crippen LogP contribution in [0.1, 0.15) is 102 Å². The Balaban J connectivity index is 1.55. The molecule has 0 amide bonds. The smallest absolute Gasteiger partial charge is 0.0240 e. The lowest BCUT2D eigenvalue weighted by molar-refractivity contribution is 0.285. The fourth-order valence-electron chi connectivity index (χ4n) is 4.31. The Labute approximate surface area is 198 Å². The molecule has 2 rings (SSSR count). The van der Waals surface area contributed by atoms with Crippen LogP contribution >= 0.6 is 0 Å². The van der Waals surface area contributed by atoms with Gasteiger partial charge in [-0.2, -0.15) is 0 Å². The summed E-state index contributed by atoms with van der Waals surface area (Å²) < 4.78 is 0. The van der Waals surface area contributed by atoms with Gasteiger partial charge in [0.2, 0.25) is 0 Å². The van der Waals surface area contributed by atoms with Gasteiger partial charge in [-0.25, -0.2) is 0 Å². The largest absolute Gasteiger partial charge is 0.291 e. The van der Waals surface area contributed by atoms with E-state index in [0.717, 1.165) is 19.6 Å². The normalized spacial score (nSPS) is 11.6. The predicted molar refractivity (Wildman–Crippen MR) is 142 cm³/mol. The van der Waals surface area contributed by atoms with Gasteiger partial charge >= 0.3 is 0 Å². The Morgan fingerprint density at radius 1 is 0.531 bits per heavy atom. The highest BCUT2D eigenvalue weighted by Crippen LogP contribution is 2.13. The molecule has 176 valence electrons. The quantitative estimate of drug-likeness (QED) is 0.157. The second-order valence-corrected chi connectivity index (χ2v) is 9.29. The standard InChI is InChI=1S/C31H47N/c1-2-3-4-5-6-7-8-9-10-11-12-13-14-15-22-27-32(28-30-23-18-16-19-24-30)29-31-25-20-17-21-26-31/h15-26H,2-14,27-29H2,1H3/b22-15-. The zero-order valence-corrected chi connectivity index (χ0v) is 20.7. The molecule has 0 unspecified atom stereocenters. The highest BCUT2D eigenvalue weighted by atomic mass is 15.1.